The molecule has 0 amide bonds. The van der Waals surface area contributed by atoms with E-state index in [0.717, 1.165) is 11.1 Å². The van der Waals surface area contributed by atoms with Crippen LogP contribution in [-0.2, 0) is 16.4 Å². The van der Waals surface area contributed by atoms with Crippen molar-refractivity contribution in [3.63, 3.8) is 0 Å². The molecule has 2 aromatic carbocycles. The summed E-state index contributed by atoms with van der Waals surface area (Å²) in [5.41, 5.74) is 8.23. The van der Waals surface area contributed by atoms with Crippen LogP contribution in [0.2, 0.25) is 0 Å². The molecule has 6 heteroatoms. The summed E-state index contributed by atoms with van der Waals surface area (Å²) in [5, 5.41) is 0. The molecule has 0 aliphatic rings. The van der Waals surface area contributed by atoms with E-state index in [2.05, 4.69) is 20.7 Å². The van der Waals surface area contributed by atoms with Crippen LogP contribution in [0.3, 0.4) is 0 Å². The van der Waals surface area contributed by atoms with E-state index >= 15 is 0 Å². The molecule has 0 aliphatic carbocycles. The van der Waals surface area contributed by atoms with Crippen molar-refractivity contribution in [1.29, 1.82) is 0 Å². The van der Waals surface area contributed by atoms with Crippen molar-refractivity contribution in [2.75, 3.05) is 12.3 Å². The SMILES string of the molecule is Cc1cccc(CCNS(=O)(=O)c2cc(Br)ccc2N)c1. The highest BCUT2D eigenvalue weighted by Crippen LogP contribution is 2.22. The number of hydrogen-bond donors (Lipinski definition) is 2. The van der Waals surface area contributed by atoms with Gasteiger partial charge in [0.1, 0.15) is 4.90 Å². The van der Waals surface area contributed by atoms with Crippen LogP contribution in [0.1, 0.15) is 11.1 Å². The van der Waals surface area contributed by atoms with Gasteiger partial charge in [0.25, 0.3) is 0 Å². The second-order valence-corrected chi connectivity index (χ2v) is 7.47. The molecule has 0 unspecified atom stereocenters. The van der Waals surface area contributed by atoms with Gasteiger partial charge in [0.05, 0.1) is 5.69 Å². The Hall–Kier alpha value is -1.37. The second-order valence-electron chi connectivity index (χ2n) is 4.82. The molecule has 21 heavy (non-hydrogen) atoms. The molecule has 2 aromatic rings. The van der Waals surface area contributed by atoms with Crippen molar-refractivity contribution in [3.05, 3.63) is 58.1 Å². The second kappa shape index (κ2) is 6.60. The fraction of sp³-hybridized carbons (Fsp3) is 0.200. The molecule has 0 aromatic heterocycles. The molecule has 0 atom stereocenters. The Morgan fingerprint density at radius 3 is 2.67 bits per heavy atom. The van der Waals surface area contributed by atoms with Gasteiger partial charge in [-0.2, -0.15) is 0 Å². The molecule has 0 saturated carbocycles. The normalized spacial score (nSPS) is 11.5. The lowest BCUT2D eigenvalue weighted by Gasteiger charge is -2.10. The quantitative estimate of drug-likeness (QED) is 0.796. The summed E-state index contributed by atoms with van der Waals surface area (Å²) in [4.78, 5) is 0.0983. The Balaban J connectivity index is 2.06. The van der Waals surface area contributed by atoms with Crippen molar-refractivity contribution in [1.82, 2.24) is 4.72 Å². The predicted molar refractivity (Wildman–Crippen MR) is 88.6 cm³/mol. The first-order valence-corrected chi connectivity index (χ1v) is 8.76. The number of rotatable bonds is 5. The van der Waals surface area contributed by atoms with Crippen LogP contribution in [0.5, 0.6) is 0 Å². The number of aryl methyl sites for hydroxylation is 1. The third kappa shape index (κ3) is 4.30. The minimum atomic E-state index is -3.60. The van der Waals surface area contributed by atoms with Crippen LogP contribution in [0.4, 0.5) is 5.69 Å². The third-order valence-corrected chi connectivity index (χ3v) is 5.06. The lowest BCUT2D eigenvalue weighted by Crippen LogP contribution is -2.26. The van der Waals surface area contributed by atoms with Gasteiger partial charge in [0, 0.05) is 11.0 Å². The first-order chi connectivity index (χ1) is 9.88. The molecule has 3 N–H and O–H groups in total. The monoisotopic (exact) mass is 368 g/mol. The number of benzene rings is 2. The Labute approximate surface area is 133 Å². The van der Waals surface area contributed by atoms with Crippen molar-refractivity contribution in [3.8, 4) is 0 Å². The predicted octanol–water partition coefficient (Wildman–Crippen LogP) is 2.86. The van der Waals surface area contributed by atoms with E-state index in [9.17, 15) is 8.42 Å². The Morgan fingerprint density at radius 2 is 1.95 bits per heavy atom. The van der Waals surface area contributed by atoms with Crippen molar-refractivity contribution in [2.45, 2.75) is 18.2 Å². The smallest absolute Gasteiger partial charge is 0.242 e. The molecule has 2 rings (SSSR count). The molecule has 0 fully saturated rings. The summed E-state index contributed by atoms with van der Waals surface area (Å²) in [7, 11) is -3.60. The molecule has 0 heterocycles. The van der Waals surface area contributed by atoms with Crippen molar-refractivity contribution < 1.29 is 8.42 Å². The number of halogens is 1. The van der Waals surface area contributed by atoms with Crippen LogP contribution in [0.15, 0.2) is 51.8 Å². The molecule has 4 nitrogen and oxygen atoms in total. The van der Waals surface area contributed by atoms with Crippen LogP contribution < -0.4 is 10.5 Å². The summed E-state index contributed by atoms with van der Waals surface area (Å²) in [6, 6.07) is 12.8. The summed E-state index contributed by atoms with van der Waals surface area (Å²) in [6.07, 6.45) is 0.634. The third-order valence-electron chi connectivity index (χ3n) is 3.05. The van der Waals surface area contributed by atoms with Gasteiger partial charge in [-0.25, -0.2) is 13.1 Å². The molecule has 0 radical (unpaired) electrons. The number of nitrogen functional groups attached to an aromatic ring is 1. The number of nitrogens with two attached hydrogens (primary N) is 1. The number of anilines is 1. The van der Waals surface area contributed by atoms with Gasteiger partial charge < -0.3 is 5.73 Å². The van der Waals surface area contributed by atoms with E-state index < -0.39 is 10.0 Å². The van der Waals surface area contributed by atoms with E-state index in [1.165, 1.54) is 6.07 Å². The standard InChI is InChI=1S/C15H17BrN2O2S/c1-11-3-2-4-12(9-11)7-8-18-21(19,20)15-10-13(16)5-6-14(15)17/h2-6,9-10,18H,7-8,17H2,1H3. The number of nitrogens with one attached hydrogen (secondary N) is 1. The van der Waals surface area contributed by atoms with Gasteiger partial charge in [0.2, 0.25) is 10.0 Å². The first kappa shape index (κ1) is 16.0. The van der Waals surface area contributed by atoms with Gasteiger partial charge >= 0.3 is 0 Å². The lowest BCUT2D eigenvalue weighted by atomic mass is 10.1. The summed E-state index contributed by atoms with van der Waals surface area (Å²) < 4.78 is 27.8. The van der Waals surface area contributed by atoms with E-state index in [4.69, 9.17) is 5.73 Å². The summed E-state index contributed by atoms with van der Waals surface area (Å²) in [6.45, 7) is 2.34. The zero-order chi connectivity index (χ0) is 15.5. The number of sulfonamides is 1. The number of hydrogen-bond acceptors (Lipinski definition) is 3. The summed E-state index contributed by atoms with van der Waals surface area (Å²) >= 11 is 3.25. The van der Waals surface area contributed by atoms with Crippen molar-refractivity contribution in [2.24, 2.45) is 0 Å². The molecular formula is C15H17BrN2O2S. The topological polar surface area (TPSA) is 72.2 Å². The van der Waals surface area contributed by atoms with Gasteiger partial charge in [-0.15, -0.1) is 0 Å². The molecule has 112 valence electrons. The molecule has 0 spiro atoms. The highest BCUT2D eigenvalue weighted by Gasteiger charge is 2.17. The molecule has 0 aliphatic heterocycles. The molecular weight excluding hydrogens is 352 g/mol. The van der Waals surface area contributed by atoms with E-state index in [-0.39, 0.29) is 10.6 Å². The minimum Gasteiger partial charge on any atom is -0.398 e. The van der Waals surface area contributed by atoms with Gasteiger partial charge in [-0.05, 0) is 37.1 Å². The van der Waals surface area contributed by atoms with Crippen LogP contribution in [0.25, 0.3) is 0 Å². The first-order valence-electron chi connectivity index (χ1n) is 6.49. The van der Waals surface area contributed by atoms with Gasteiger partial charge in [0.15, 0.2) is 0 Å². The largest absolute Gasteiger partial charge is 0.398 e. The maximum Gasteiger partial charge on any atom is 0.242 e. The average Bonchev–Trinajstić information content (AvgIpc) is 2.41. The van der Waals surface area contributed by atoms with Crippen LogP contribution in [0, 0.1) is 6.92 Å². The maximum atomic E-state index is 12.3. The van der Waals surface area contributed by atoms with Crippen molar-refractivity contribution >= 4 is 31.6 Å². The minimum absolute atomic E-state index is 0.0983. The van der Waals surface area contributed by atoms with E-state index in [0.29, 0.717) is 17.4 Å². The van der Waals surface area contributed by atoms with Crippen LogP contribution in [-0.4, -0.2) is 15.0 Å². The van der Waals surface area contributed by atoms with E-state index in [1.807, 2.05) is 31.2 Å². The van der Waals surface area contributed by atoms with Crippen LogP contribution >= 0.6 is 15.9 Å². The zero-order valence-corrected chi connectivity index (χ0v) is 14.0. The Kier molecular flexibility index (Phi) is 5.03. The highest BCUT2D eigenvalue weighted by molar-refractivity contribution is 9.10. The fourth-order valence-corrected chi connectivity index (χ4v) is 3.72. The van der Waals surface area contributed by atoms with Gasteiger partial charge in [-0.3, -0.25) is 0 Å². The Bertz CT molecular complexity index is 745. The molecule has 0 bridgehead atoms. The van der Waals surface area contributed by atoms with Gasteiger partial charge in [-0.1, -0.05) is 45.8 Å². The maximum absolute atomic E-state index is 12.3. The zero-order valence-electron chi connectivity index (χ0n) is 11.6. The summed E-state index contributed by atoms with van der Waals surface area (Å²) in [5.74, 6) is 0. The Morgan fingerprint density at radius 1 is 1.19 bits per heavy atom. The lowest BCUT2D eigenvalue weighted by molar-refractivity contribution is 0.582. The van der Waals surface area contributed by atoms with E-state index in [1.54, 1.807) is 12.1 Å². The molecule has 0 saturated heterocycles. The highest BCUT2D eigenvalue weighted by atomic mass is 79.9. The average molecular weight is 369 g/mol. The fourth-order valence-electron chi connectivity index (χ4n) is 2.02.